The number of carbonyl (C=O) groups is 2. The fourth-order valence-corrected chi connectivity index (χ4v) is 3.75. The van der Waals surface area contributed by atoms with Crippen molar-refractivity contribution in [2.45, 2.75) is 38.9 Å². The maximum absolute atomic E-state index is 11.6. The standard InChI is InChI=1S/C16H24O5/c1-9(2)12-6-13(20-8-19-4)10(3)15(12)16-11(7-17)5-14(18)21-16/h7,10-13,15-16H,1,5-6,8H2,2-4H3/t10-,11-,12+,13-,15+,16+/m0/s1. The SMILES string of the molecule is C=C(C)[C@H]1C[C@H](OCOC)[C@H](C)[C@H]1[C@@H]1OC(=O)C[C@H]1C=O. The van der Waals surface area contributed by atoms with E-state index in [-0.39, 0.29) is 55.1 Å². The van der Waals surface area contributed by atoms with E-state index >= 15 is 0 Å². The zero-order valence-corrected chi connectivity index (χ0v) is 12.9. The van der Waals surface area contributed by atoms with Crippen LogP contribution in [0.1, 0.15) is 26.7 Å². The Kier molecular flexibility index (Phi) is 5.17. The molecule has 1 aliphatic heterocycles. The summed E-state index contributed by atoms with van der Waals surface area (Å²) in [7, 11) is 1.59. The number of aldehydes is 1. The molecule has 0 aromatic rings. The van der Waals surface area contributed by atoms with E-state index in [4.69, 9.17) is 14.2 Å². The molecule has 0 N–H and O–H groups in total. The molecule has 2 aliphatic rings. The molecule has 6 atom stereocenters. The predicted molar refractivity (Wildman–Crippen MR) is 76.4 cm³/mol. The third kappa shape index (κ3) is 3.19. The maximum atomic E-state index is 11.6. The number of hydrogen-bond donors (Lipinski definition) is 0. The van der Waals surface area contributed by atoms with Gasteiger partial charge in [0.15, 0.2) is 0 Å². The van der Waals surface area contributed by atoms with Crippen LogP contribution in [0.4, 0.5) is 0 Å². The van der Waals surface area contributed by atoms with Crippen molar-refractivity contribution in [3.05, 3.63) is 12.2 Å². The van der Waals surface area contributed by atoms with E-state index in [1.807, 2.05) is 6.92 Å². The Morgan fingerprint density at radius 2 is 2.24 bits per heavy atom. The topological polar surface area (TPSA) is 61.8 Å². The molecule has 5 nitrogen and oxygen atoms in total. The average molecular weight is 296 g/mol. The highest BCUT2D eigenvalue weighted by atomic mass is 16.7. The lowest BCUT2D eigenvalue weighted by molar-refractivity contribution is -0.145. The number of hydrogen-bond acceptors (Lipinski definition) is 5. The molecule has 0 aromatic heterocycles. The second kappa shape index (κ2) is 6.71. The number of cyclic esters (lactones) is 1. The largest absolute Gasteiger partial charge is 0.461 e. The summed E-state index contributed by atoms with van der Waals surface area (Å²) in [5.74, 6) is -0.189. The van der Waals surface area contributed by atoms with E-state index in [9.17, 15) is 9.59 Å². The van der Waals surface area contributed by atoms with Crippen LogP contribution in [-0.4, -0.2) is 38.4 Å². The summed E-state index contributed by atoms with van der Waals surface area (Å²) in [4.78, 5) is 22.8. The van der Waals surface area contributed by atoms with Crippen LogP contribution in [0.15, 0.2) is 12.2 Å². The Hall–Kier alpha value is -1.20. The number of allylic oxidation sites excluding steroid dienone is 1. The van der Waals surface area contributed by atoms with E-state index in [0.29, 0.717) is 0 Å². The molecule has 1 aliphatic carbocycles. The predicted octanol–water partition coefficient (Wildman–Crippen LogP) is 1.95. The van der Waals surface area contributed by atoms with Gasteiger partial charge in [-0.05, 0) is 25.2 Å². The van der Waals surface area contributed by atoms with Crippen molar-refractivity contribution in [2.24, 2.45) is 23.7 Å². The molecule has 5 heteroatoms. The van der Waals surface area contributed by atoms with Crippen molar-refractivity contribution in [3.8, 4) is 0 Å². The fraction of sp³-hybridized carbons (Fsp3) is 0.750. The van der Waals surface area contributed by atoms with Crippen LogP contribution in [0.3, 0.4) is 0 Å². The van der Waals surface area contributed by atoms with Crippen molar-refractivity contribution in [2.75, 3.05) is 13.9 Å². The Bertz CT molecular complexity index is 419. The van der Waals surface area contributed by atoms with Gasteiger partial charge in [-0.2, -0.15) is 0 Å². The van der Waals surface area contributed by atoms with Gasteiger partial charge in [0.2, 0.25) is 0 Å². The van der Waals surface area contributed by atoms with Gasteiger partial charge in [-0.1, -0.05) is 19.1 Å². The molecule has 1 saturated carbocycles. The minimum atomic E-state index is -0.358. The van der Waals surface area contributed by atoms with Crippen LogP contribution < -0.4 is 0 Å². The van der Waals surface area contributed by atoms with Gasteiger partial charge < -0.3 is 19.0 Å². The Balaban J connectivity index is 2.19. The molecule has 1 saturated heterocycles. The second-order valence-electron chi connectivity index (χ2n) is 6.20. The first kappa shape index (κ1) is 16.2. The molecule has 2 rings (SSSR count). The average Bonchev–Trinajstić information content (AvgIpc) is 2.96. The van der Waals surface area contributed by atoms with Crippen LogP contribution in [0, 0.1) is 23.7 Å². The molecule has 1 heterocycles. The highest BCUT2D eigenvalue weighted by molar-refractivity contribution is 5.77. The highest BCUT2D eigenvalue weighted by Crippen LogP contribution is 2.47. The van der Waals surface area contributed by atoms with Crippen molar-refractivity contribution in [3.63, 3.8) is 0 Å². The highest BCUT2D eigenvalue weighted by Gasteiger charge is 2.51. The third-order valence-electron chi connectivity index (χ3n) is 4.82. The monoisotopic (exact) mass is 296 g/mol. The summed E-state index contributed by atoms with van der Waals surface area (Å²) >= 11 is 0. The zero-order valence-electron chi connectivity index (χ0n) is 12.9. The Morgan fingerprint density at radius 3 is 2.81 bits per heavy atom. The minimum Gasteiger partial charge on any atom is -0.461 e. The van der Waals surface area contributed by atoms with Gasteiger partial charge in [-0.3, -0.25) is 4.79 Å². The Morgan fingerprint density at radius 1 is 1.52 bits per heavy atom. The first-order chi connectivity index (χ1) is 9.99. The van der Waals surface area contributed by atoms with Crippen molar-refractivity contribution < 1.29 is 23.8 Å². The molecule has 0 bridgehead atoms. The zero-order chi connectivity index (χ0) is 15.6. The third-order valence-corrected chi connectivity index (χ3v) is 4.82. The summed E-state index contributed by atoms with van der Waals surface area (Å²) in [5.41, 5.74) is 1.04. The lowest BCUT2D eigenvalue weighted by Crippen LogP contribution is -2.35. The number of esters is 1. The first-order valence-electron chi connectivity index (χ1n) is 7.40. The molecule has 0 unspecified atom stereocenters. The van der Waals surface area contributed by atoms with Gasteiger partial charge in [0.25, 0.3) is 0 Å². The van der Waals surface area contributed by atoms with E-state index in [0.717, 1.165) is 18.3 Å². The quantitative estimate of drug-likeness (QED) is 0.324. The lowest BCUT2D eigenvalue weighted by atomic mass is 9.78. The van der Waals surface area contributed by atoms with Crippen LogP contribution in [0.5, 0.6) is 0 Å². The fourth-order valence-electron chi connectivity index (χ4n) is 3.75. The summed E-state index contributed by atoms with van der Waals surface area (Å²) < 4.78 is 16.2. The minimum absolute atomic E-state index is 0.0308. The first-order valence-corrected chi connectivity index (χ1v) is 7.40. The normalized spacial score (nSPS) is 39.3. The van der Waals surface area contributed by atoms with E-state index in [1.54, 1.807) is 7.11 Å². The van der Waals surface area contributed by atoms with Crippen LogP contribution >= 0.6 is 0 Å². The molecule has 0 radical (unpaired) electrons. The van der Waals surface area contributed by atoms with E-state index < -0.39 is 0 Å². The Labute approximate surface area is 125 Å². The summed E-state index contributed by atoms with van der Waals surface area (Å²) in [6.07, 6.45) is 1.53. The molecule has 118 valence electrons. The van der Waals surface area contributed by atoms with Gasteiger partial charge in [0.05, 0.1) is 18.4 Å². The molecular formula is C16H24O5. The number of carbonyl (C=O) groups excluding carboxylic acids is 2. The van der Waals surface area contributed by atoms with Crippen molar-refractivity contribution >= 4 is 12.3 Å². The molecule has 2 fully saturated rings. The lowest BCUT2D eigenvalue weighted by Gasteiger charge is -2.30. The van der Waals surface area contributed by atoms with Crippen LogP contribution in [-0.2, 0) is 23.8 Å². The van der Waals surface area contributed by atoms with E-state index in [2.05, 4.69) is 13.5 Å². The van der Waals surface area contributed by atoms with E-state index in [1.165, 1.54) is 0 Å². The summed E-state index contributed by atoms with van der Waals surface area (Å²) in [5, 5.41) is 0. The molecule has 21 heavy (non-hydrogen) atoms. The molecular weight excluding hydrogens is 272 g/mol. The van der Waals surface area contributed by atoms with Gasteiger partial charge in [-0.25, -0.2) is 0 Å². The molecule has 0 amide bonds. The number of methoxy groups -OCH3 is 1. The van der Waals surface area contributed by atoms with Crippen LogP contribution in [0.25, 0.3) is 0 Å². The van der Waals surface area contributed by atoms with Gasteiger partial charge in [0.1, 0.15) is 19.2 Å². The summed E-state index contributed by atoms with van der Waals surface area (Å²) in [6, 6.07) is 0. The van der Waals surface area contributed by atoms with Crippen LogP contribution in [0.2, 0.25) is 0 Å². The maximum Gasteiger partial charge on any atom is 0.306 e. The molecule has 0 spiro atoms. The number of rotatable bonds is 6. The molecule has 0 aromatic carbocycles. The van der Waals surface area contributed by atoms with Crippen molar-refractivity contribution in [1.29, 1.82) is 0 Å². The van der Waals surface area contributed by atoms with Gasteiger partial charge in [-0.15, -0.1) is 0 Å². The van der Waals surface area contributed by atoms with Gasteiger partial charge >= 0.3 is 5.97 Å². The smallest absolute Gasteiger partial charge is 0.306 e. The van der Waals surface area contributed by atoms with Crippen molar-refractivity contribution in [1.82, 2.24) is 0 Å². The number of ether oxygens (including phenoxy) is 3. The summed E-state index contributed by atoms with van der Waals surface area (Å²) in [6.45, 7) is 8.37. The van der Waals surface area contributed by atoms with Gasteiger partial charge in [0, 0.05) is 13.0 Å². The second-order valence-corrected chi connectivity index (χ2v) is 6.20.